The zero-order valence-corrected chi connectivity index (χ0v) is 14.1. The predicted octanol–water partition coefficient (Wildman–Crippen LogP) is 3.29. The average Bonchev–Trinajstić information content (AvgIpc) is 2.29. The van der Waals surface area contributed by atoms with Crippen molar-refractivity contribution in [1.82, 2.24) is 0 Å². The molecule has 0 aromatic heterocycles. The molecule has 0 rings (SSSR count). The van der Waals surface area contributed by atoms with E-state index >= 15 is 0 Å². The number of hydrogen-bond donors (Lipinski definition) is 1. The fraction of sp³-hybridized carbons (Fsp3) is 0.733. The number of hydrogen-bond acceptors (Lipinski definition) is 6. The summed E-state index contributed by atoms with van der Waals surface area (Å²) < 4.78 is 9.27. The van der Waals surface area contributed by atoms with Crippen LogP contribution in [0.15, 0.2) is 12.2 Å². The molecule has 1 atom stereocenters. The molecule has 0 fully saturated rings. The van der Waals surface area contributed by atoms with Crippen LogP contribution in [0.5, 0.6) is 0 Å². The molecule has 0 bridgehead atoms. The van der Waals surface area contributed by atoms with Crippen molar-refractivity contribution in [3.8, 4) is 0 Å². The first-order chi connectivity index (χ1) is 9.82. The number of carbonyl (C=O) groups is 2. The molecule has 0 amide bonds. The van der Waals surface area contributed by atoms with E-state index in [1.54, 1.807) is 0 Å². The van der Waals surface area contributed by atoms with E-state index in [0.717, 1.165) is 0 Å². The zero-order valence-electron chi connectivity index (χ0n) is 14.1. The van der Waals surface area contributed by atoms with Gasteiger partial charge in [-0.15, -0.1) is 0 Å². The quantitative estimate of drug-likeness (QED) is 0.241. The van der Waals surface area contributed by atoms with Crippen LogP contribution < -0.4 is 0 Å². The van der Waals surface area contributed by atoms with E-state index < -0.39 is 30.6 Å². The Morgan fingerprint density at radius 2 is 1.73 bits per heavy atom. The van der Waals surface area contributed by atoms with Crippen LogP contribution in [0.4, 0.5) is 4.79 Å². The van der Waals surface area contributed by atoms with Crippen LogP contribution in [0.1, 0.15) is 48.0 Å². The first-order valence-corrected chi connectivity index (χ1v) is 6.89. The lowest BCUT2D eigenvalue weighted by Crippen LogP contribution is -2.35. The van der Waals surface area contributed by atoms with Gasteiger partial charge in [0.25, 0.3) is 6.29 Å². The van der Waals surface area contributed by atoms with E-state index in [4.69, 9.17) is 19.6 Å². The van der Waals surface area contributed by atoms with Crippen LogP contribution in [0, 0.1) is 5.41 Å². The molecule has 1 unspecified atom stereocenters. The molecule has 1 N–H and O–H groups in total. The summed E-state index contributed by atoms with van der Waals surface area (Å²) in [4.78, 5) is 32.3. The lowest BCUT2D eigenvalue weighted by molar-refractivity contribution is -0.418. The predicted molar refractivity (Wildman–Crippen MR) is 79.0 cm³/mol. The van der Waals surface area contributed by atoms with Crippen molar-refractivity contribution >= 4 is 12.1 Å². The third-order valence-corrected chi connectivity index (χ3v) is 2.27. The van der Waals surface area contributed by atoms with Crippen molar-refractivity contribution in [3.05, 3.63) is 12.2 Å². The number of esters is 1. The zero-order chi connectivity index (χ0) is 17.6. The van der Waals surface area contributed by atoms with Gasteiger partial charge in [0.2, 0.25) is 0 Å². The Hall–Kier alpha value is -1.60. The molecule has 0 aliphatic heterocycles. The Morgan fingerprint density at radius 1 is 1.18 bits per heavy atom. The van der Waals surface area contributed by atoms with Gasteiger partial charge in [-0.2, -0.15) is 4.89 Å². The van der Waals surface area contributed by atoms with Crippen molar-refractivity contribution in [2.75, 3.05) is 6.61 Å². The monoisotopic (exact) mass is 318 g/mol. The SMILES string of the molecule is C=C(C)C(=O)OC(COC(=O)O)OOC(C)(C)CC(C)(C)C. The van der Waals surface area contributed by atoms with Gasteiger partial charge in [0.15, 0.2) is 6.61 Å². The first kappa shape index (κ1) is 20.4. The molecule has 7 heteroatoms. The van der Waals surface area contributed by atoms with Gasteiger partial charge in [0, 0.05) is 5.57 Å². The Morgan fingerprint density at radius 3 is 2.14 bits per heavy atom. The highest BCUT2D eigenvalue weighted by atomic mass is 17.2. The molecular formula is C15H26O7. The molecule has 0 spiro atoms. The lowest BCUT2D eigenvalue weighted by atomic mass is 9.84. The summed E-state index contributed by atoms with van der Waals surface area (Å²) in [5, 5.41) is 8.51. The molecule has 7 nitrogen and oxygen atoms in total. The number of rotatable bonds is 8. The van der Waals surface area contributed by atoms with Gasteiger partial charge in [0.05, 0.1) is 5.60 Å². The van der Waals surface area contributed by atoms with Crippen LogP contribution in [0.2, 0.25) is 0 Å². The van der Waals surface area contributed by atoms with E-state index in [0.29, 0.717) is 6.42 Å². The van der Waals surface area contributed by atoms with Crippen LogP contribution in [-0.4, -0.2) is 35.7 Å². The van der Waals surface area contributed by atoms with Crippen LogP contribution in [-0.2, 0) is 24.0 Å². The second kappa shape index (κ2) is 8.14. The van der Waals surface area contributed by atoms with E-state index in [9.17, 15) is 9.59 Å². The van der Waals surface area contributed by atoms with Gasteiger partial charge in [-0.05, 0) is 32.6 Å². The lowest BCUT2D eigenvalue weighted by Gasteiger charge is -2.32. The van der Waals surface area contributed by atoms with Crippen molar-refractivity contribution in [2.24, 2.45) is 5.41 Å². The van der Waals surface area contributed by atoms with Gasteiger partial charge in [-0.25, -0.2) is 14.5 Å². The average molecular weight is 318 g/mol. The van der Waals surface area contributed by atoms with Crippen molar-refractivity contribution in [1.29, 1.82) is 0 Å². The fourth-order valence-electron chi connectivity index (χ4n) is 1.93. The summed E-state index contributed by atoms with van der Waals surface area (Å²) in [7, 11) is 0. The number of carboxylic acid groups (broad SMARTS) is 1. The maximum Gasteiger partial charge on any atom is 0.505 e. The summed E-state index contributed by atoms with van der Waals surface area (Å²) in [5.41, 5.74) is -0.512. The van der Waals surface area contributed by atoms with E-state index in [1.165, 1.54) is 6.92 Å². The Kier molecular flexibility index (Phi) is 7.55. The Bertz CT molecular complexity index is 407. The van der Waals surface area contributed by atoms with Gasteiger partial charge >= 0.3 is 12.1 Å². The summed E-state index contributed by atoms with van der Waals surface area (Å²) in [6.45, 7) is 14.2. The normalized spacial score (nSPS) is 13.4. The molecule has 0 aliphatic rings. The molecule has 0 aromatic carbocycles. The van der Waals surface area contributed by atoms with Crippen LogP contribution in [0.3, 0.4) is 0 Å². The van der Waals surface area contributed by atoms with Gasteiger partial charge in [-0.1, -0.05) is 27.4 Å². The molecule has 0 radical (unpaired) electrons. The maximum absolute atomic E-state index is 11.5. The van der Waals surface area contributed by atoms with E-state index in [-0.39, 0.29) is 11.0 Å². The highest BCUT2D eigenvalue weighted by molar-refractivity contribution is 5.87. The molecule has 0 aliphatic carbocycles. The highest BCUT2D eigenvalue weighted by Crippen LogP contribution is 2.29. The second-order valence-electron chi connectivity index (χ2n) is 6.87. The minimum atomic E-state index is -1.51. The summed E-state index contributed by atoms with van der Waals surface area (Å²) >= 11 is 0. The molecule has 0 saturated heterocycles. The largest absolute Gasteiger partial charge is 0.505 e. The van der Waals surface area contributed by atoms with Gasteiger partial charge < -0.3 is 14.6 Å². The van der Waals surface area contributed by atoms with Crippen molar-refractivity contribution in [2.45, 2.75) is 59.9 Å². The fourth-order valence-corrected chi connectivity index (χ4v) is 1.93. The third-order valence-electron chi connectivity index (χ3n) is 2.27. The van der Waals surface area contributed by atoms with Crippen LogP contribution in [0.25, 0.3) is 0 Å². The van der Waals surface area contributed by atoms with Gasteiger partial charge in [-0.3, -0.25) is 0 Å². The molecular weight excluding hydrogens is 292 g/mol. The summed E-state index contributed by atoms with van der Waals surface area (Å²) in [6.07, 6.45) is -2.14. The van der Waals surface area contributed by atoms with E-state index in [1.807, 2.05) is 34.6 Å². The topological polar surface area (TPSA) is 91.3 Å². The van der Waals surface area contributed by atoms with Crippen LogP contribution >= 0.6 is 0 Å². The number of carbonyl (C=O) groups excluding carboxylic acids is 1. The molecule has 0 heterocycles. The molecule has 22 heavy (non-hydrogen) atoms. The Balaban J connectivity index is 4.65. The molecule has 0 aromatic rings. The summed E-state index contributed by atoms with van der Waals surface area (Å²) in [5.74, 6) is -0.726. The standard InChI is InChI=1S/C15H26O7/c1-10(2)12(16)20-11(8-19-13(17)18)21-22-15(6,7)9-14(3,4)5/h11H,1,8-9H2,2-7H3,(H,17,18). The maximum atomic E-state index is 11.5. The van der Waals surface area contributed by atoms with Crippen molar-refractivity contribution in [3.63, 3.8) is 0 Å². The Labute approximate surface area is 131 Å². The molecule has 0 saturated carbocycles. The summed E-state index contributed by atoms with van der Waals surface area (Å²) in [6, 6.07) is 0. The highest BCUT2D eigenvalue weighted by Gasteiger charge is 2.30. The number of ether oxygens (including phenoxy) is 2. The van der Waals surface area contributed by atoms with E-state index in [2.05, 4.69) is 11.3 Å². The second-order valence-corrected chi connectivity index (χ2v) is 6.87. The first-order valence-electron chi connectivity index (χ1n) is 6.89. The third kappa shape index (κ3) is 10.2. The van der Waals surface area contributed by atoms with Gasteiger partial charge in [0.1, 0.15) is 0 Å². The smallest absolute Gasteiger partial charge is 0.450 e. The minimum absolute atomic E-state index is 0.00565. The molecule has 128 valence electrons. The van der Waals surface area contributed by atoms with Crippen molar-refractivity contribution < 1.29 is 33.9 Å². The minimum Gasteiger partial charge on any atom is -0.450 e.